The largest absolute Gasteiger partial charge is 0.457 e. The Labute approximate surface area is 443 Å². The van der Waals surface area contributed by atoms with Crippen LogP contribution in [0.1, 0.15) is 136 Å². The third kappa shape index (κ3) is 9.21. The van der Waals surface area contributed by atoms with Crippen molar-refractivity contribution in [3.63, 3.8) is 0 Å². The van der Waals surface area contributed by atoms with Gasteiger partial charge in [0, 0.05) is 54.3 Å². The van der Waals surface area contributed by atoms with Crippen molar-refractivity contribution in [2.75, 3.05) is 16.5 Å². The number of fused-ring (bicyclic) bond motifs is 4. The van der Waals surface area contributed by atoms with Crippen LogP contribution in [0, 0.1) is 27.6 Å². The van der Waals surface area contributed by atoms with Gasteiger partial charge in [-0.25, -0.2) is 4.98 Å². The van der Waals surface area contributed by atoms with E-state index in [2.05, 4.69) is 182 Å². The number of aromatic nitrogens is 2. The average molecular weight is 969 g/mol. The summed E-state index contributed by atoms with van der Waals surface area (Å²) in [6, 6.07) is 47.8. The average Bonchev–Trinajstić information content (AvgIpc) is 4.16. The number of rotatable bonds is 7. The zero-order valence-corrected chi connectivity index (χ0v) is 45.3. The molecule has 0 amide bonds. The maximum absolute atomic E-state index is 8.97. The maximum Gasteiger partial charge on any atom is 0.138 e. The second kappa shape index (κ2) is 17.8. The molecule has 0 saturated carbocycles. The molecule has 372 valence electrons. The highest BCUT2D eigenvalue weighted by atomic mass is 16.5. The van der Waals surface area contributed by atoms with Gasteiger partial charge in [0.25, 0.3) is 0 Å². The van der Waals surface area contributed by atoms with Gasteiger partial charge < -0.3 is 14.5 Å². The highest BCUT2D eigenvalue weighted by molar-refractivity contribution is 6.09. The van der Waals surface area contributed by atoms with E-state index in [4.69, 9.17) is 17.9 Å². The summed E-state index contributed by atoms with van der Waals surface area (Å²) < 4.78 is 62.4. The van der Waals surface area contributed by atoms with Crippen LogP contribution in [0.3, 0.4) is 0 Å². The van der Waals surface area contributed by atoms with Crippen LogP contribution in [0.5, 0.6) is 11.5 Å². The Kier molecular flexibility index (Phi) is 10.4. The van der Waals surface area contributed by atoms with Gasteiger partial charge in [-0.15, -0.1) is 0 Å². The zero-order chi connectivity index (χ0) is 57.1. The van der Waals surface area contributed by atoms with Crippen LogP contribution in [0.2, 0.25) is 0 Å². The van der Waals surface area contributed by atoms with Crippen LogP contribution in [0.4, 0.5) is 22.7 Å². The maximum atomic E-state index is 8.97. The SMILES string of the molecule is [2H]C([2H])([2H])c1cc(C(C)(C)C)cc(C)c1-c1ccnc(-n2c3ccccc3c3ccc(Oc4cc(N5CN(c6cc(C(C)(C)C)cc(C(C)(C)C)c6)c6ccccc65)ccc4-c4c(C)cc(C(C)(C)C)cc4C([2H])([2H])[2H])cc32)c1. The molecule has 1 aliphatic heterocycles. The molecule has 5 heteroatoms. The Morgan fingerprint density at radius 1 is 0.479 bits per heavy atom. The fourth-order valence-corrected chi connectivity index (χ4v) is 10.5. The molecule has 0 radical (unpaired) electrons. The van der Waals surface area contributed by atoms with Crippen LogP contribution in [-0.4, -0.2) is 16.2 Å². The predicted octanol–water partition coefficient (Wildman–Crippen LogP) is 19.0. The van der Waals surface area contributed by atoms with E-state index < -0.39 is 13.7 Å². The summed E-state index contributed by atoms with van der Waals surface area (Å²) in [5.41, 5.74) is 14.7. The molecule has 0 fully saturated rings. The number of anilines is 4. The van der Waals surface area contributed by atoms with Gasteiger partial charge in [-0.3, -0.25) is 4.57 Å². The van der Waals surface area contributed by atoms with Gasteiger partial charge in [0.2, 0.25) is 0 Å². The number of benzene rings is 7. The Morgan fingerprint density at radius 3 is 1.63 bits per heavy atom. The summed E-state index contributed by atoms with van der Waals surface area (Å²) in [5, 5.41) is 2.00. The zero-order valence-electron chi connectivity index (χ0n) is 51.3. The lowest BCUT2D eigenvalue weighted by Crippen LogP contribution is -2.25. The molecule has 7 aromatic carbocycles. The predicted molar refractivity (Wildman–Crippen MR) is 312 cm³/mol. The van der Waals surface area contributed by atoms with Crippen LogP contribution in [-0.2, 0) is 21.7 Å². The Morgan fingerprint density at radius 2 is 1.01 bits per heavy atom. The van der Waals surface area contributed by atoms with Gasteiger partial charge in [0.05, 0.1) is 22.4 Å². The van der Waals surface area contributed by atoms with Crippen LogP contribution in [0.15, 0.2) is 146 Å². The summed E-state index contributed by atoms with van der Waals surface area (Å²) in [4.78, 5) is 9.67. The second-order valence-corrected chi connectivity index (χ2v) is 24.4. The molecule has 0 atom stereocenters. The number of pyridine rings is 1. The molecule has 3 heterocycles. The minimum atomic E-state index is -2.43. The van der Waals surface area contributed by atoms with Gasteiger partial charge in [0.1, 0.15) is 24.0 Å². The fourth-order valence-electron chi connectivity index (χ4n) is 10.5. The van der Waals surface area contributed by atoms with Gasteiger partial charge in [-0.2, -0.15) is 0 Å². The van der Waals surface area contributed by atoms with Gasteiger partial charge in [0.15, 0.2) is 0 Å². The molecular formula is C68H74N4O. The van der Waals surface area contributed by atoms with Crippen molar-refractivity contribution in [1.82, 2.24) is 9.55 Å². The highest BCUT2D eigenvalue weighted by Gasteiger charge is 2.31. The minimum absolute atomic E-state index is 0.0742. The first kappa shape index (κ1) is 42.4. The molecule has 1 aliphatic rings. The van der Waals surface area contributed by atoms with E-state index in [0.29, 0.717) is 46.2 Å². The topological polar surface area (TPSA) is 33.5 Å². The van der Waals surface area contributed by atoms with E-state index in [9.17, 15) is 0 Å². The quantitative estimate of drug-likeness (QED) is 0.159. The van der Waals surface area contributed by atoms with Crippen molar-refractivity contribution in [1.29, 1.82) is 0 Å². The summed E-state index contributed by atoms with van der Waals surface area (Å²) in [6.45, 7) is 25.9. The lowest BCUT2D eigenvalue weighted by Gasteiger charge is -2.29. The van der Waals surface area contributed by atoms with E-state index in [1.165, 1.54) is 11.1 Å². The molecule has 0 unspecified atom stereocenters. The molecule has 2 aromatic heterocycles. The normalized spacial score (nSPS) is 14.9. The van der Waals surface area contributed by atoms with E-state index in [1.807, 2.05) is 68.4 Å². The van der Waals surface area contributed by atoms with E-state index in [-0.39, 0.29) is 27.2 Å². The van der Waals surface area contributed by atoms with E-state index in [0.717, 1.165) is 72.4 Å². The molecule has 73 heavy (non-hydrogen) atoms. The van der Waals surface area contributed by atoms with Gasteiger partial charge >= 0.3 is 0 Å². The summed E-state index contributed by atoms with van der Waals surface area (Å²) in [7, 11) is 0. The van der Waals surface area contributed by atoms with E-state index in [1.54, 1.807) is 6.20 Å². The standard InChI is InChI=1S/C68H74N4O/c1-42-31-47(65(5,6)7)32-43(2)63(42)46-29-30-69-62(35-46)72-57-22-18-17-21-54(57)55-28-26-53(40-60(55)72)73-61-39-51(25-27-56(61)64-44(3)33-48(34-45(64)4)66(8,9)10)70-41-71(59-24-20-19-23-58(59)70)52-37-49(67(11,12)13)36-50(38-52)68(14,15)16/h17-40H,41H2,1-16H3/i1D3,3D3. The Bertz CT molecular complexity index is 3820. The monoisotopic (exact) mass is 969 g/mol. The van der Waals surface area contributed by atoms with Crippen LogP contribution in [0.25, 0.3) is 49.9 Å². The molecule has 5 nitrogen and oxygen atoms in total. The molecule has 0 bridgehead atoms. The van der Waals surface area contributed by atoms with Crippen molar-refractivity contribution in [3.8, 4) is 39.6 Å². The summed E-state index contributed by atoms with van der Waals surface area (Å²) >= 11 is 0. The van der Waals surface area contributed by atoms with Crippen molar-refractivity contribution in [2.24, 2.45) is 0 Å². The molecule has 10 rings (SSSR count). The number of nitrogens with zero attached hydrogens (tertiary/aromatic N) is 4. The van der Waals surface area contributed by atoms with Crippen molar-refractivity contribution >= 4 is 44.6 Å². The first-order valence-corrected chi connectivity index (χ1v) is 25.7. The summed E-state index contributed by atoms with van der Waals surface area (Å²) in [6.07, 6.45) is 1.75. The van der Waals surface area contributed by atoms with Gasteiger partial charge in [-0.1, -0.05) is 144 Å². The first-order chi connectivity index (χ1) is 36.8. The number of hydrogen-bond donors (Lipinski definition) is 0. The lowest BCUT2D eigenvalue weighted by atomic mass is 9.80. The molecule has 0 spiro atoms. The number of para-hydroxylation sites is 3. The minimum Gasteiger partial charge on any atom is -0.457 e. The highest BCUT2D eigenvalue weighted by Crippen LogP contribution is 2.49. The van der Waals surface area contributed by atoms with Crippen LogP contribution >= 0.6 is 0 Å². The first-order valence-electron chi connectivity index (χ1n) is 28.7. The van der Waals surface area contributed by atoms with Crippen molar-refractivity contribution < 1.29 is 13.0 Å². The Hall–Kier alpha value is -7.11. The van der Waals surface area contributed by atoms with Crippen molar-refractivity contribution in [3.05, 3.63) is 190 Å². The third-order valence-electron chi connectivity index (χ3n) is 14.8. The molecule has 0 saturated heterocycles. The van der Waals surface area contributed by atoms with Gasteiger partial charge in [-0.05, 0) is 177 Å². The molecule has 0 aliphatic carbocycles. The van der Waals surface area contributed by atoms with Crippen LogP contribution < -0.4 is 14.5 Å². The number of ether oxygens (including phenoxy) is 1. The third-order valence-corrected chi connectivity index (χ3v) is 14.8. The van der Waals surface area contributed by atoms with Crippen molar-refractivity contribution in [2.45, 2.75) is 132 Å². The molecule has 9 aromatic rings. The smallest absolute Gasteiger partial charge is 0.138 e. The molecular weight excluding hydrogens is 889 g/mol. The molecule has 0 N–H and O–H groups in total. The summed E-state index contributed by atoms with van der Waals surface area (Å²) in [5.74, 6) is 1.67. The fraction of sp³-hybridized carbons (Fsp3) is 0.309. The number of aryl methyl sites for hydroxylation is 4. The Balaban J connectivity index is 1.15. The number of hydrogen-bond acceptors (Lipinski definition) is 4. The lowest BCUT2D eigenvalue weighted by molar-refractivity contribution is 0.485. The second-order valence-electron chi connectivity index (χ2n) is 24.4. The van der Waals surface area contributed by atoms with E-state index >= 15 is 0 Å².